The first kappa shape index (κ1) is 15.5. The highest BCUT2D eigenvalue weighted by atomic mass is 16.5. The molecule has 0 saturated heterocycles. The first-order chi connectivity index (χ1) is 9.81. The SMILES string of the molecule is Cc1cccc(Oc2cc(CN)cc(C(C)(C)C)n2)c1C. The number of rotatable bonds is 3. The van der Waals surface area contributed by atoms with Gasteiger partial charge >= 0.3 is 0 Å². The van der Waals surface area contributed by atoms with Crippen LogP contribution in [0.25, 0.3) is 0 Å². The average Bonchev–Trinajstić information content (AvgIpc) is 2.42. The molecule has 112 valence electrons. The normalized spacial score (nSPS) is 11.5. The van der Waals surface area contributed by atoms with Gasteiger partial charge in [-0.3, -0.25) is 0 Å². The summed E-state index contributed by atoms with van der Waals surface area (Å²) in [6.07, 6.45) is 0. The molecule has 0 aliphatic carbocycles. The third-order valence-corrected chi connectivity index (χ3v) is 3.64. The fourth-order valence-corrected chi connectivity index (χ4v) is 2.06. The van der Waals surface area contributed by atoms with Crippen LogP contribution in [0.2, 0.25) is 0 Å². The van der Waals surface area contributed by atoms with Gasteiger partial charge in [0, 0.05) is 18.0 Å². The molecule has 3 heteroatoms. The molecule has 1 aromatic heterocycles. The lowest BCUT2D eigenvalue weighted by atomic mass is 9.91. The van der Waals surface area contributed by atoms with E-state index in [9.17, 15) is 0 Å². The van der Waals surface area contributed by atoms with Crippen LogP contribution < -0.4 is 10.5 Å². The zero-order valence-electron chi connectivity index (χ0n) is 13.5. The van der Waals surface area contributed by atoms with E-state index in [1.54, 1.807) is 0 Å². The molecule has 2 aromatic rings. The summed E-state index contributed by atoms with van der Waals surface area (Å²) in [6.45, 7) is 11.0. The number of aryl methyl sites for hydroxylation is 1. The standard InChI is InChI=1S/C18H24N2O/c1-12-7-6-8-15(13(12)2)21-17-10-14(11-19)9-16(20-17)18(3,4)5/h6-10H,11,19H2,1-5H3. The Balaban J connectivity index is 2.42. The third-order valence-electron chi connectivity index (χ3n) is 3.64. The predicted molar refractivity (Wildman–Crippen MR) is 86.8 cm³/mol. The van der Waals surface area contributed by atoms with Crippen LogP contribution in [0, 0.1) is 13.8 Å². The zero-order chi connectivity index (χ0) is 15.6. The van der Waals surface area contributed by atoms with Gasteiger partial charge in [-0.25, -0.2) is 4.98 Å². The van der Waals surface area contributed by atoms with Gasteiger partial charge in [0.25, 0.3) is 0 Å². The van der Waals surface area contributed by atoms with Gasteiger partial charge in [-0.1, -0.05) is 32.9 Å². The number of pyridine rings is 1. The predicted octanol–water partition coefficient (Wildman–Crippen LogP) is 4.25. The van der Waals surface area contributed by atoms with Crippen molar-refractivity contribution >= 4 is 0 Å². The van der Waals surface area contributed by atoms with E-state index in [1.165, 1.54) is 5.56 Å². The van der Waals surface area contributed by atoms with Crippen LogP contribution in [0.15, 0.2) is 30.3 Å². The van der Waals surface area contributed by atoms with Crippen molar-refractivity contribution in [3.8, 4) is 11.6 Å². The second-order valence-electron chi connectivity index (χ2n) is 6.45. The van der Waals surface area contributed by atoms with Crippen molar-refractivity contribution in [2.45, 2.75) is 46.6 Å². The Morgan fingerprint density at radius 2 is 1.86 bits per heavy atom. The number of ether oxygens (including phenoxy) is 1. The molecule has 2 rings (SSSR count). The number of aromatic nitrogens is 1. The van der Waals surface area contributed by atoms with E-state index in [0.29, 0.717) is 12.4 Å². The minimum absolute atomic E-state index is 0.0368. The average molecular weight is 284 g/mol. The summed E-state index contributed by atoms with van der Waals surface area (Å²) in [7, 11) is 0. The van der Waals surface area contributed by atoms with Crippen LogP contribution in [0.1, 0.15) is 43.2 Å². The highest BCUT2D eigenvalue weighted by Crippen LogP contribution is 2.29. The van der Waals surface area contributed by atoms with Crippen molar-refractivity contribution in [1.29, 1.82) is 0 Å². The first-order valence-corrected chi connectivity index (χ1v) is 7.27. The maximum Gasteiger partial charge on any atom is 0.219 e. The van der Waals surface area contributed by atoms with Crippen LogP contribution in [0.5, 0.6) is 11.6 Å². The second kappa shape index (κ2) is 5.86. The number of hydrogen-bond acceptors (Lipinski definition) is 3. The van der Waals surface area contributed by atoms with Crippen LogP contribution in [-0.4, -0.2) is 4.98 Å². The molecular weight excluding hydrogens is 260 g/mol. The van der Waals surface area contributed by atoms with E-state index >= 15 is 0 Å². The van der Waals surface area contributed by atoms with E-state index < -0.39 is 0 Å². The number of hydrogen-bond donors (Lipinski definition) is 1. The molecule has 2 N–H and O–H groups in total. The quantitative estimate of drug-likeness (QED) is 0.916. The van der Waals surface area contributed by atoms with Gasteiger partial charge in [0.15, 0.2) is 0 Å². The summed E-state index contributed by atoms with van der Waals surface area (Å²) in [4.78, 5) is 4.64. The zero-order valence-corrected chi connectivity index (χ0v) is 13.5. The summed E-state index contributed by atoms with van der Waals surface area (Å²) in [5, 5.41) is 0. The Morgan fingerprint density at radius 3 is 2.48 bits per heavy atom. The van der Waals surface area contributed by atoms with Crippen molar-refractivity contribution in [3.63, 3.8) is 0 Å². The van der Waals surface area contributed by atoms with Gasteiger partial charge in [-0.15, -0.1) is 0 Å². The molecule has 1 heterocycles. The Kier molecular flexibility index (Phi) is 4.33. The monoisotopic (exact) mass is 284 g/mol. The van der Waals surface area contributed by atoms with Crippen LogP contribution in [0.3, 0.4) is 0 Å². The third kappa shape index (κ3) is 3.61. The highest BCUT2D eigenvalue weighted by Gasteiger charge is 2.18. The van der Waals surface area contributed by atoms with Crippen LogP contribution >= 0.6 is 0 Å². The summed E-state index contributed by atoms with van der Waals surface area (Å²) >= 11 is 0. The molecule has 0 saturated carbocycles. The lowest BCUT2D eigenvalue weighted by Crippen LogP contribution is -2.15. The van der Waals surface area contributed by atoms with Crippen molar-refractivity contribution < 1.29 is 4.74 Å². The fourth-order valence-electron chi connectivity index (χ4n) is 2.06. The van der Waals surface area contributed by atoms with E-state index in [1.807, 2.05) is 18.2 Å². The molecule has 0 unspecified atom stereocenters. The maximum absolute atomic E-state index is 6.00. The molecule has 0 bridgehead atoms. The van der Waals surface area contributed by atoms with Crippen LogP contribution in [0.4, 0.5) is 0 Å². The van der Waals surface area contributed by atoms with Gasteiger partial charge < -0.3 is 10.5 Å². The Labute approximate surface area is 127 Å². The van der Waals surface area contributed by atoms with Crippen LogP contribution in [-0.2, 0) is 12.0 Å². The smallest absolute Gasteiger partial charge is 0.219 e. The number of nitrogens with two attached hydrogens (primary N) is 1. The topological polar surface area (TPSA) is 48.1 Å². The van der Waals surface area contributed by atoms with E-state index in [2.05, 4.69) is 51.7 Å². The molecule has 0 aliphatic rings. The molecule has 0 amide bonds. The number of benzene rings is 1. The summed E-state index contributed by atoms with van der Waals surface area (Å²) in [5.74, 6) is 1.45. The summed E-state index contributed by atoms with van der Waals surface area (Å²) in [5.41, 5.74) is 10.1. The largest absolute Gasteiger partial charge is 0.439 e. The Morgan fingerprint density at radius 1 is 1.14 bits per heavy atom. The molecule has 0 radical (unpaired) electrons. The van der Waals surface area contributed by atoms with Crippen molar-refractivity contribution in [2.75, 3.05) is 0 Å². The molecule has 3 nitrogen and oxygen atoms in total. The van der Waals surface area contributed by atoms with Crippen molar-refractivity contribution in [2.24, 2.45) is 5.73 Å². The molecule has 0 spiro atoms. The molecular formula is C18H24N2O. The first-order valence-electron chi connectivity index (χ1n) is 7.27. The van der Waals surface area contributed by atoms with Gasteiger partial charge in [0.1, 0.15) is 5.75 Å². The van der Waals surface area contributed by atoms with Gasteiger partial charge in [-0.05, 0) is 42.7 Å². The summed E-state index contributed by atoms with van der Waals surface area (Å²) in [6, 6.07) is 10.0. The lowest BCUT2D eigenvalue weighted by Gasteiger charge is -2.20. The molecule has 0 aliphatic heterocycles. The molecule has 1 aromatic carbocycles. The molecule has 0 fully saturated rings. The van der Waals surface area contributed by atoms with Crippen molar-refractivity contribution in [3.05, 3.63) is 52.7 Å². The van der Waals surface area contributed by atoms with E-state index in [-0.39, 0.29) is 5.41 Å². The maximum atomic E-state index is 6.00. The van der Waals surface area contributed by atoms with Gasteiger partial charge in [0.05, 0.1) is 5.69 Å². The molecule has 21 heavy (non-hydrogen) atoms. The van der Waals surface area contributed by atoms with Gasteiger partial charge in [0.2, 0.25) is 5.88 Å². The summed E-state index contributed by atoms with van der Waals surface area (Å²) < 4.78 is 6.00. The minimum Gasteiger partial charge on any atom is -0.439 e. The van der Waals surface area contributed by atoms with Crippen molar-refractivity contribution in [1.82, 2.24) is 4.98 Å². The van der Waals surface area contributed by atoms with E-state index in [4.69, 9.17) is 10.5 Å². The Bertz CT molecular complexity index is 642. The molecule has 0 atom stereocenters. The second-order valence-corrected chi connectivity index (χ2v) is 6.45. The fraction of sp³-hybridized carbons (Fsp3) is 0.389. The Hall–Kier alpha value is -1.87. The highest BCUT2D eigenvalue weighted by molar-refractivity contribution is 5.41. The number of nitrogens with zero attached hydrogens (tertiary/aromatic N) is 1. The van der Waals surface area contributed by atoms with E-state index in [0.717, 1.165) is 22.6 Å². The lowest BCUT2D eigenvalue weighted by molar-refractivity contribution is 0.447. The van der Waals surface area contributed by atoms with Gasteiger partial charge in [-0.2, -0.15) is 0 Å². The minimum atomic E-state index is -0.0368.